The van der Waals surface area contributed by atoms with E-state index >= 15 is 0 Å². The summed E-state index contributed by atoms with van der Waals surface area (Å²) in [6.07, 6.45) is 0.868. The van der Waals surface area contributed by atoms with Gasteiger partial charge in [0.05, 0.1) is 6.61 Å². The molecule has 1 aliphatic heterocycles. The molecule has 1 heterocycles. The van der Waals surface area contributed by atoms with Crippen molar-refractivity contribution in [1.82, 2.24) is 0 Å². The Morgan fingerprint density at radius 1 is 1.53 bits per heavy atom. The highest BCUT2D eigenvalue weighted by atomic mass is 16.6. The molecule has 0 bridgehead atoms. The first kappa shape index (κ1) is 11.9. The zero-order chi connectivity index (χ0) is 12.3. The smallest absolute Gasteiger partial charge is 0.330 e. The quantitative estimate of drug-likeness (QED) is 0.590. The number of hydrogen-bond donors (Lipinski definition) is 0. The van der Waals surface area contributed by atoms with Gasteiger partial charge < -0.3 is 9.47 Å². The van der Waals surface area contributed by atoms with Crippen molar-refractivity contribution in [1.29, 1.82) is 0 Å². The standard InChI is InChI=1S/C14H16O3/c1-3-13(15)17-10(2)14-12(9-16-14)11-7-5-4-6-8-11/h3-8,10,12,14H,1,9H2,2H3. The summed E-state index contributed by atoms with van der Waals surface area (Å²) in [6.45, 7) is 5.91. The number of carbonyl (C=O) groups excluding carboxylic acids is 1. The maximum absolute atomic E-state index is 11.1. The van der Waals surface area contributed by atoms with Gasteiger partial charge in [0.25, 0.3) is 0 Å². The molecule has 3 atom stereocenters. The van der Waals surface area contributed by atoms with Gasteiger partial charge in [-0.1, -0.05) is 36.9 Å². The third kappa shape index (κ3) is 2.56. The SMILES string of the molecule is C=CC(=O)OC(C)C1OCC1c1ccccc1. The van der Waals surface area contributed by atoms with Crippen LogP contribution in [0.3, 0.4) is 0 Å². The van der Waals surface area contributed by atoms with Crippen molar-refractivity contribution in [2.75, 3.05) is 6.61 Å². The van der Waals surface area contributed by atoms with Crippen LogP contribution in [0, 0.1) is 0 Å². The van der Waals surface area contributed by atoms with Gasteiger partial charge in [-0.05, 0) is 12.5 Å². The summed E-state index contributed by atoms with van der Waals surface area (Å²) in [4.78, 5) is 11.1. The molecule has 0 saturated carbocycles. The van der Waals surface area contributed by atoms with Crippen LogP contribution in [0.2, 0.25) is 0 Å². The number of hydrogen-bond acceptors (Lipinski definition) is 3. The zero-order valence-electron chi connectivity index (χ0n) is 9.84. The average molecular weight is 232 g/mol. The van der Waals surface area contributed by atoms with E-state index < -0.39 is 5.97 Å². The van der Waals surface area contributed by atoms with Gasteiger partial charge >= 0.3 is 5.97 Å². The van der Waals surface area contributed by atoms with E-state index in [1.807, 2.05) is 25.1 Å². The molecule has 17 heavy (non-hydrogen) atoms. The number of benzene rings is 1. The van der Waals surface area contributed by atoms with E-state index in [4.69, 9.17) is 9.47 Å². The Morgan fingerprint density at radius 3 is 2.76 bits per heavy atom. The van der Waals surface area contributed by atoms with Crippen molar-refractivity contribution in [2.24, 2.45) is 0 Å². The minimum atomic E-state index is -0.403. The molecule has 1 saturated heterocycles. The molecular weight excluding hydrogens is 216 g/mol. The van der Waals surface area contributed by atoms with Crippen molar-refractivity contribution < 1.29 is 14.3 Å². The fourth-order valence-corrected chi connectivity index (χ4v) is 2.05. The van der Waals surface area contributed by atoms with E-state index in [-0.39, 0.29) is 12.2 Å². The zero-order valence-corrected chi connectivity index (χ0v) is 9.84. The molecule has 90 valence electrons. The second-order valence-corrected chi connectivity index (χ2v) is 4.16. The molecule has 3 unspecified atom stereocenters. The summed E-state index contributed by atoms with van der Waals surface area (Å²) < 4.78 is 10.7. The first-order valence-corrected chi connectivity index (χ1v) is 5.72. The van der Waals surface area contributed by atoms with Crippen LogP contribution in [-0.2, 0) is 14.3 Å². The van der Waals surface area contributed by atoms with E-state index in [1.54, 1.807) is 0 Å². The van der Waals surface area contributed by atoms with Crippen molar-refractivity contribution in [3.8, 4) is 0 Å². The lowest BCUT2D eigenvalue weighted by Gasteiger charge is -2.40. The lowest BCUT2D eigenvalue weighted by atomic mass is 9.87. The maximum Gasteiger partial charge on any atom is 0.330 e. The third-order valence-electron chi connectivity index (χ3n) is 3.02. The van der Waals surface area contributed by atoms with Gasteiger partial charge in [-0.25, -0.2) is 4.79 Å². The molecule has 2 rings (SSSR count). The summed E-state index contributed by atoms with van der Waals surface area (Å²) in [7, 11) is 0. The van der Waals surface area contributed by atoms with E-state index in [2.05, 4.69) is 18.7 Å². The van der Waals surface area contributed by atoms with Crippen molar-refractivity contribution in [2.45, 2.75) is 25.0 Å². The van der Waals surface area contributed by atoms with Crippen LogP contribution in [0.1, 0.15) is 18.4 Å². The molecule has 0 amide bonds. The van der Waals surface area contributed by atoms with Crippen molar-refractivity contribution in [3.63, 3.8) is 0 Å². The fraction of sp³-hybridized carbons (Fsp3) is 0.357. The normalized spacial score (nSPS) is 24.5. The topological polar surface area (TPSA) is 35.5 Å². The van der Waals surface area contributed by atoms with Gasteiger partial charge in [-0.2, -0.15) is 0 Å². The average Bonchev–Trinajstić information content (AvgIpc) is 2.28. The van der Waals surface area contributed by atoms with Crippen molar-refractivity contribution >= 4 is 5.97 Å². The predicted molar refractivity (Wildman–Crippen MR) is 64.7 cm³/mol. The Labute approximate surface area is 101 Å². The van der Waals surface area contributed by atoms with Gasteiger partial charge in [0, 0.05) is 12.0 Å². The molecule has 0 spiro atoms. The molecule has 0 N–H and O–H groups in total. The van der Waals surface area contributed by atoms with Crippen LogP contribution < -0.4 is 0 Å². The molecule has 0 aliphatic carbocycles. The molecule has 3 nitrogen and oxygen atoms in total. The van der Waals surface area contributed by atoms with Gasteiger partial charge in [0.15, 0.2) is 0 Å². The molecule has 0 aromatic heterocycles. The highest BCUT2D eigenvalue weighted by Gasteiger charge is 2.38. The number of esters is 1. The minimum Gasteiger partial charge on any atom is -0.457 e. The molecule has 1 aromatic rings. The van der Waals surface area contributed by atoms with Crippen LogP contribution in [0.25, 0.3) is 0 Å². The first-order valence-electron chi connectivity index (χ1n) is 5.72. The molecule has 0 radical (unpaired) electrons. The van der Waals surface area contributed by atoms with Gasteiger partial charge in [-0.15, -0.1) is 0 Å². The van der Waals surface area contributed by atoms with E-state index in [9.17, 15) is 4.79 Å². The highest BCUT2D eigenvalue weighted by Crippen LogP contribution is 2.34. The van der Waals surface area contributed by atoms with Crippen LogP contribution >= 0.6 is 0 Å². The Kier molecular flexibility index (Phi) is 3.59. The Hall–Kier alpha value is -1.61. The number of ether oxygens (including phenoxy) is 2. The molecular formula is C14H16O3. The van der Waals surface area contributed by atoms with Crippen LogP contribution in [0.4, 0.5) is 0 Å². The molecule has 1 fully saturated rings. The van der Waals surface area contributed by atoms with Crippen LogP contribution in [0.5, 0.6) is 0 Å². The Morgan fingerprint density at radius 2 is 2.24 bits per heavy atom. The minimum absolute atomic E-state index is 0.0544. The lowest BCUT2D eigenvalue weighted by Crippen LogP contribution is -2.46. The van der Waals surface area contributed by atoms with Gasteiger partial charge in [0.2, 0.25) is 0 Å². The largest absolute Gasteiger partial charge is 0.457 e. The maximum atomic E-state index is 11.1. The number of rotatable bonds is 4. The summed E-state index contributed by atoms with van der Waals surface area (Å²) in [5.74, 6) is -0.0939. The Balaban J connectivity index is 1.99. The number of carbonyl (C=O) groups is 1. The fourth-order valence-electron chi connectivity index (χ4n) is 2.05. The predicted octanol–water partition coefficient (Wildman–Crippen LogP) is 2.29. The summed E-state index contributed by atoms with van der Waals surface area (Å²) in [6, 6.07) is 10.1. The summed E-state index contributed by atoms with van der Waals surface area (Å²) in [5, 5.41) is 0. The van der Waals surface area contributed by atoms with Crippen molar-refractivity contribution in [3.05, 3.63) is 48.6 Å². The monoisotopic (exact) mass is 232 g/mol. The van der Waals surface area contributed by atoms with Gasteiger partial charge in [-0.3, -0.25) is 0 Å². The van der Waals surface area contributed by atoms with Gasteiger partial charge in [0.1, 0.15) is 12.2 Å². The molecule has 3 heteroatoms. The van der Waals surface area contributed by atoms with E-state index in [0.29, 0.717) is 12.5 Å². The van der Waals surface area contributed by atoms with E-state index in [1.165, 1.54) is 11.6 Å². The summed E-state index contributed by atoms with van der Waals surface area (Å²) >= 11 is 0. The van der Waals surface area contributed by atoms with Crippen LogP contribution in [-0.4, -0.2) is 24.8 Å². The second-order valence-electron chi connectivity index (χ2n) is 4.16. The van der Waals surface area contributed by atoms with E-state index in [0.717, 1.165) is 0 Å². The lowest BCUT2D eigenvalue weighted by molar-refractivity contribution is -0.169. The summed E-state index contributed by atoms with van der Waals surface area (Å²) in [5.41, 5.74) is 1.23. The first-order chi connectivity index (χ1) is 8.22. The molecule has 1 aromatic carbocycles. The Bertz CT molecular complexity index is 399. The second kappa shape index (κ2) is 5.15. The highest BCUT2D eigenvalue weighted by molar-refractivity contribution is 5.81. The third-order valence-corrected chi connectivity index (χ3v) is 3.02. The van der Waals surface area contributed by atoms with Crippen LogP contribution in [0.15, 0.2) is 43.0 Å². The molecule has 1 aliphatic rings.